The molecule has 0 spiro atoms. The van der Waals surface area contributed by atoms with Crippen molar-refractivity contribution in [2.24, 2.45) is 0 Å². The third-order valence-corrected chi connectivity index (χ3v) is 2.75. The Morgan fingerprint density at radius 3 is 2.77 bits per heavy atom. The molecule has 0 bridgehead atoms. The van der Waals surface area contributed by atoms with Gasteiger partial charge >= 0.3 is 0 Å². The van der Waals surface area contributed by atoms with Crippen LogP contribution in [0.15, 0.2) is 29.8 Å². The average Bonchev–Trinajstić information content (AvgIpc) is 2.17. The maximum Gasteiger partial charge on any atom is 0.146 e. The predicted octanol–water partition coefficient (Wildman–Crippen LogP) is 2.78. The summed E-state index contributed by atoms with van der Waals surface area (Å²) in [6, 6.07) is 8.27. The van der Waals surface area contributed by atoms with Crippen LogP contribution in [0.4, 0.5) is 0 Å². The second-order valence-electron chi connectivity index (χ2n) is 3.52. The first-order chi connectivity index (χ1) is 6.25. The summed E-state index contributed by atoms with van der Waals surface area (Å²) in [6.07, 6.45) is 0.946. The Labute approximate surface area is 78.1 Å². The van der Waals surface area contributed by atoms with Crippen molar-refractivity contribution in [2.45, 2.75) is 19.8 Å². The lowest BCUT2D eigenvalue weighted by Crippen LogP contribution is -2.14. The number of hydrogen-bond acceptors (Lipinski definition) is 1. The molecular formula is C12H12O. The Bertz CT molecular complexity index is 388. The quantitative estimate of drug-likeness (QED) is 0.470. The minimum atomic E-state index is 0.432. The minimum absolute atomic E-state index is 0.432. The highest BCUT2D eigenvalue weighted by atomic mass is 16.1. The largest absolute Gasteiger partial charge is 0.298 e. The van der Waals surface area contributed by atoms with Gasteiger partial charge in [0.15, 0.2) is 0 Å². The van der Waals surface area contributed by atoms with Gasteiger partial charge in [-0.2, -0.15) is 0 Å². The molecule has 0 aliphatic heterocycles. The number of allylic oxidation sites excluding steroid dienone is 2. The third-order valence-electron chi connectivity index (χ3n) is 2.75. The molecule has 0 amide bonds. The Balaban J connectivity index is 2.57. The van der Waals surface area contributed by atoms with E-state index in [1.54, 1.807) is 0 Å². The molecule has 1 unspecified atom stereocenters. The summed E-state index contributed by atoms with van der Waals surface area (Å²) in [4.78, 5) is 10.6. The van der Waals surface area contributed by atoms with Crippen LogP contribution in [-0.4, -0.2) is 6.29 Å². The van der Waals surface area contributed by atoms with E-state index in [0.29, 0.717) is 5.92 Å². The van der Waals surface area contributed by atoms with Gasteiger partial charge in [0, 0.05) is 5.92 Å². The topological polar surface area (TPSA) is 17.1 Å². The molecule has 66 valence electrons. The Morgan fingerprint density at radius 2 is 2.08 bits per heavy atom. The monoisotopic (exact) mass is 172 g/mol. The van der Waals surface area contributed by atoms with Crippen molar-refractivity contribution in [3.63, 3.8) is 0 Å². The molecular weight excluding hydrogens is 160 g/mol. The van der Waals surface area contributed by atoms with E-state index in [1.807, 2.05) is 19.1 Å². The van der Waals surface area contributed by atoms with E-state index in [2.05, 4.69) is 19.1 Å². The lowest BCUT2D eigenvalue weighted by atomic mass is 9.72. The molecule has 0 N–H and O–H groups in total. The van der Waals surface area contributed by atoms with Crippen molar-refractivity contribution in [1.82, 2.24) is 0 Å². The molecule has 0 fully saturated rings. The molecule has 1 aliphatic carbocycles. The number of benzene rings is 1. The molecule has 1 atom stereocenters. The van der Waals surface area contributed by atoms with Crippen LogP contribution in [0.2, 0.25) is 0 Å². The van der Waals surface area contributed by atoms with Crippen LogP contribution in [0.25, 0.3) is 5.57 Å². The molecule has 0 heterocycles. The predicted molar refractivity (Wildman–Crippen MR) is 53.5 cm³/mol. The van der Waals surface area contributed by atoms with Gasteiger partial charge in [0.2, 0.25) is 0 Å². The fourth-order valence-electron chi connectivity index (χ4n) is 2.05. The summed E-state index contributed by atoms with van der Waals surface area (Å²) in [5, 5.41) is 0. The van der Waals surface area contributed by atoms with Crippen LogP contribution in [0, 0.1) is 0 Å². The molecule has 0 saturated heterocycles. The molecule has 1 nitrogen and oxygen atoms in total. The van der Waals surface area contributed by atoms with Gasteiger partial charge in [0.05, 0.1) is 0 Å². The molecule has 0 aromatic heterocycles. The number of carbonyl (C=O) groups is 1. The molecule has 1 heteroatoms. The van der Waals surface area contributed by atoms with Crippen molar-refractivity contribution in [2.75, 3.05) is 0 Å². The number of aldehydes is 1. The molecule has 0 saturated carbocycles. The van der Waals surface area contributed by atoms with Crippen molar-refractivity contribution in [3.8, 4) is 0 Å². The summed E-state index contributed by atoms with van der Waals surface area (Å²) in [6.45, 7) is 4.03. The van der Waals surface area contributed by atoms with Gasteiger partial charge in [-0.25, -0.2) is 0 Å². The van der Waals surface area contributed by atoms with Gasteiger partial charge in [0.25, 0.3) is 0 Å². The molecule has 1 aromatic carbocycles. The second kappa shape index (κ2) is 2.84. The summed E-state index contributed by atoms with van der Waals surface area (Å²) in [5.74, 6) is 0.432. The van der Waals surface area contributed by atoms with E-state index in [0.717, 1.165) is 11.9 Å². The normalized spacial score (nSPS) is 23.1. The van der Waals surface area contributed by atoms with Crippen molar-refractivity contribution in [1.29, 1.82) is 0 Å². The second-order valence-corrected chi connectivity index (χ2v) is 3.52. The van der Waals surface area contributed by atoms with E-state index in [1.165, 1.54) is 16.7 Å². The molecule has 1 aromatic rings. The van der Waals surface area contributed by atoms with E-state index >= 15 is 0 Å². The molecule has 1 aliphatic rings. The summed E-state index contributed by atoms with van der Waals surface area (Å²) in [7, 11) is 0. The maximum atomic E-state index is 10.6. The van der Waals surface area contributed by atoms with Gasteiger partial charge in [-0.15, -0.1) is 0 Å². The molecule has 0 radical (unpaired) electrons. The van der Waals surface area contributed by atoms with Crippen LogP contribution in [0.1, 0.15) is 30.9 Å². The summed E-state index contributed by atoms with van der Waals surface area (Å²) in [5.41, 5.74) is 4.69. The SMILES string of the molecule is C/C(C=O)=C1/c2ccccc2C1C. The third kappa shape index (κ3) is 1.04. The highest BCUT2D eigenvalue weighted by molar-refractivity contribution is 5.95. The first-order valence-electron chi connectivity index (χ1n) is 4.51. The first-order valence-corrected chi connectivity index (χ1v) is 4.51. The maximum absolute atomic E-state index is 10.6. The Kier molecular flexibility index (Phi) is 1.80. The lowest BCUT2D eigenvalue weighted by molar-refractivity contribution is -0.104. The fraction of sp³-hybridized carbons (Fsp3) is 0.250. The van der Waals surface area contributed by atoms with Crippen LogP contribution in [-0.2, 0) is 4.79 Å². The zero-order valence-corrected chi connectivity index (χ0v) is 7.87. The Hall–Kier alpha value is -1.37. The number of rotatable bonds is 1. The van der Waals surface area contributed by atoms with E-state index in [9.17, 15) is 4.79 Å². The van der Waals surface area contributed by atoms with E-state index < -0.39 is 0 Å². The summed E-state index contributed by atoms with van der Waals surface area (Å²) >= 11 is 0. The standard InChI is InChI=1S/C12H12O/c1-8(7-13)12-9(2)10-5-3-4-6-11(10)12/h3-7,9H,1-2H3/b12-8-. The van der Waals surface area contributed by atoms with Crippen molar-refractivity contribution in [3.05, 3.63) is 41.0 Å². The smallest absolute Gasteiger partial charge is 0.146 e. The van der Waals surface area contributed by atoms with Crippen LogP contribution >= 0.6 is 0 Å². The number of fused-ring (bicyclic) bond motifs is 1. The Morgan fingerprint density at radius 1 is 1.38 bits per heavy atom. The van der Waals surface area contributed by atoms with E-state index in [-0.39, 0.29) is 0 Å². The van der Waals surface area contributed by atoms with Crippen LogP contribution in [0.3, 0.4) is 0 Å². The zero-order valence-electron chi connectivity index (χ0n) is 7.87. The molecule has 2 rings (SSSR count). The van der Waals surface area contributed by atoms with Crippen molar-refractivity contribution < 1.29 is 4.79 Å². The van der Waals surface area contributed by atoms with Gasteiger partial charge in [-0.05, 0) is 29.2 Å². The van der Waals surface area contributed by atoms with Gasteiger partial charge in [0.1, 0.15) is 6.29 Å². The van der Waals surface area contributed by atoms with Crippen molar-refractivity contribution >= 4 is 11.9 Å². The van der Waals surface area contributed by atoms with Gasteiger partial charge in [-0.1, -0.05) is 31.2 Å². The van der Waals surface area contributed by atoms with Crippen LogP contribution in [0.5, 0.6) is 0 Å². The van der Waals surface area contributed by atoms with E-state index in [4.69, 9.17) is 0 Å². The lowest BCUT2D eigenvalue weighted by Gasteiger charge is -2.31. The summed E-state index contributed by atoms with van der Waals surface area (Å²) < 4.78 is 0. The van der Waals surface area contributed by atoms with Gasteiger partial charge < -0.3 is 0 Å². The first kappa shape index (κ1) is 8.24. The fourth-order valence-corrected chi connectivity index (χ4v) is 2.05. The highest BCUT2D eigenvalue weighted by Crippen LogP contribution is 2.46. The number of hydrogen-bond donors (Lipinski definition) is 0. The highest BCUT2D eigenvalue weighted by Gasteiger charge is 2.28. The van der Waals surface area contributed by atoms with Gasteiger partial charge in [-0.3, -0.25) is 4.79 Å². The minimum Gasteiger partial charge on any atom is -0.298 e. The zero-order chi connectivity index (χ0) is 9.42. The average molecular weight is 172 g/mol. The molecule has 13 heavy (non-hydrogen) atoms. The van der Waals surface area contributed by atoms with Crippen LogP contribution < -0.4 is 0 Å². The number of carbonyl (C=O) groups excluding carboxylic acids is 1.